The smallest absolute Gasteiger partial charge is 0.338 e. The molecule has 0 atom stereocenters. The molecular weight excluding hydrogens is 204 g/mol. The molecule has 0 unspecified atom stereocenters. The summed E-state index contributed by atoms with van der Waals surface area (Å²) in [5.41, 5.74) is 1.41. The van der Waals surface area contributed by atoms with E-state index in [4.69, 9.17) is 9.15 Å². The zero-order valence-corrected chi connectivity index (χ0v) is 8.97. The Morgan fingerprint density at radius 2 is 2.19 bits per heavy atom. The van der Waals surface area contributed by atoms with Gasteiger partial charge in [0.05, 0.1) is 18.4 Å². The van der Waals surface area contributed by atoms with E-state index >= 15 is 0 Å². The highest BCUT2D eigenvalue weighted by molar-refractivity contribution is 5.90. The lowest BCUT2D eigenvalue weighted by atomic mass is 10.1. The first kappa shape index (κ1) is 10.5. The highest BCUT2D eigenvalue weighted by atomic mass is 16.5. The standard InChI is InChI=1S/C13H12O3/c1-2-15-13(14)11-6-3-5-10(9-11)12-7-4-8-16-12/h3-9H,2H2,1H3. The van der Waals surface area contributed by atoms with Crippen LogP contribution in [0.4, 0.5) is 0 Å². The number of rotatable bonds is 3. The summed E-state index contributed by atoms with van der Waals surface area (Å²) in [6.45, 7) is 2.16. The molecule has 82 valence electrons. The van der Waals surface area contributed by atoms with Gasteiger partial charge in [0.2, 0.25) is 0 Å². The van der Waals surface area contributed by atoms with E-state index in [9.17, 15) is 4.79 Å². The van der Waals surface area contributed by atoms with Crippen LogP contribution in [0, 0.1) is 0 Å². The minimum absolute atomic E-state index is 0.309. The fraction of sp³-hybridized carbons (Fsp3) is 0.154. The zero-order chi connectivity index (χ0) is 11.4. The van der Waals surface area contributed by atoms with Gasteiger partial charge in [-0.15, -0.1) is 0 Å². The summed E-state index contributed by atoms with van der Waals surface area (Å²) in [4.78, 5) is 11.5. The average molecular weight is 216 g/mol. The maximum atomic E-state index is 11.5. The summed E-state index contributed by atoms with van der Waals surface area (Å²) in [6, 6.07) is 10.9. The van der Waals surface area contributed by atoms with Crippen LogP contribution in [0.2, 0.25) is 0 Å². The zero-order valence-electron chi connectivity index (χ0n) is 8.97. The van der Waals surface area contributed by atoms with Gasteiger partial charge in [-0.05, 0) is 31.2 Å². The second kappa shape index (κ2) is 4.66. The fourth-order valence-corrected chi connectivity index (χ4v) is 1.46. The van der Waals surface area contributed by atoms with Crippen molar-refractivity contribution in [2.45, 2.75) is 6.92 Å². The van der Waals surface area contributed by atoms with Gasteiger partial charge in [-0.2, -0.15) is 0 Å². The molecule has 1 aromatic heterocycles. The molecule has 0 aliphatic heterocycles. The molecule has 3 heteroatoms. The largest absolute Gasteiger partial charge is 0.464 e. The van der Waals surface area contributed by atoms with Gasteiger partial charge in [-0.1, -0.05) is 12.1 Å². The highest BCUT2D eigenvalue weighted by Gasteiger charge is 2.08. The van der Waals surface area contributed by atoms with Crippen molar-refractivity contribution < 1.29 is 13.9 Å². The summed E-state index contributed by atoms with van der Waals surface area (Å²) in [7, 11) is 0. The summed E-state index contributed by atoms with van der Waals surface area (Å²) < 4.78 is 10.2. The van der Waals surface area contributed by atoms with Crippen LogP contribution in [0.1, 0.15) is 17.3 Å². The van der Waals surface area contributed by atoms with Crippen LogP contribution in [0.15, 0.2) is 47.1 Å². The van der Waals surface area contributed by atoms with E-state index in [0.29, 0.717) is 12.2 Å². The van der Waals surface area contributed by atoms with Crippen molar-refractivity contribution in [1.82, 2.24) is 0 Å². The third-order valence-electron chi connectivity index (χ3n) is 2.18. The van der Waals surface area contributed by atoms with Gasteiger partial charge in [0.25, 0.3) is 0 Å². The topological polar surface area (TPSA) is 39.4 Å². The van der Waals surface area contributed by atoms with Gasteiger partial charge in [0, 0.05) is 5.56 Å². The van der Waals surface area contributed by atoms with E-state index in [1.165, 1.54) is 0 Å². The van der Waals surface area contributed by atoms with E-state index in [0.717, 1.165) is 11.3 Å². The second-order valence-corrected chi connectivity index (χ2v) is 3.28. The number of ether oxygens (including phenoxy) is 1. The quantitative estimate of drug-likeness (QED) is 0.740. The number of hydrogen-bond acceptors (Lipinski definition) is 3. The van der Waals surface area contributed by atoms with Crippen molar-refractivity contribution in [3.8, 4) is 11.3 Å². The normalized spacial score (nSPS) is 10.1. The van der Waals surface area contributed by atoms with Crippen LogP contribution in [-0.4, -0.2) is 12.6 Å². The first-order chi connectivity index (χ1) is 7.81. The van der Waals surface area contributed by atoms with Gasteiger partial charge in [0.1, 0.15) is 5.76 Å². The van der Waals surface area contributed by atoms with Crippen LogP contribution in [0.3, 0.4) is 0 Å². The first-order valence-electron chi connectivity index (χ1n) is 5.12. The molecule has 0 fully saturated rings. The number of furan rings is 1. The molecular formula is C13H12O3. The summed E-state index contributed by atoms with van der Waals surface area (Å²) >= 11 is 0. The predicted octanol–water partition coefficient (Wildman–Crippen LogP) is 3.12. The Balaban J connectivity index is 2.30. The Hall–Kier alpha value is -2.03. The Morgan fingerprint density at radius 1 is 1.31 bits per heavy atom. The molecule has 2 aromatic rings. The first-order valence-corrected chi connectivity index (χ1v) is 5.12. The summed E-state index contributed by atoms with van der Waals surface area (Å²) in [6.07, 6.45) is 1.60. The van der Waals surface area contributed by atoms with Crippen LogP contribution < -0.4 is 0 Å². The van der Waals surface area contributed by atoms with E-state index in [1.807, 2.05) is 24.3 Å². The molecule has 0 saturated heterocycles. The van der Waals surface area contributed by atoms with E-state index in [1.54, 1.807) is 25.3 Å². The molecule has 16 heavy (non-hydrogen) atoms. The average Bonchev–Trinajstić information content (AvgIpc) is 2.83. The van der Waals surface area contributed by atoms with Crippen molar-refractivity contribution in [1.29, 1.82) is 0 Å². The number of hydrogen-bond donors (Lipinski definition) is 0. The lowest BCUT2D eigenvalue weighted by molar-refractivity contribution is 0.0526. The van der Waals surface area contributed by atoms with Crippen molar-refractivity contribution in [3.63, 3.8) is 0 Å². The molecule has 1 heterocycles. The van der Waals surface area contributed by atoms with Gasteiger partial charge < -0.3 is 9.15 Å². The van der Waals surface area contributed by atoms with E-state index in [-0.39, 0.29) is 5.97 Å². The van der Waals surface area contributed by atoms with E-state index < -0.39 is 0 Å². The number of benzene rings is 1. The Labute approximate surface area is 93.7 Å². The molecule has 0 N–H and O–H groups in total. The predicted molar refractivity (Wildman–Crippen MR) is 60.1 cm³/mol. The van der Waals surface area contributed by atoms with E-state index in [2.05, 4.69) is 0 Å². The molecule has 0 amide bonds. The number of carbonyl (C=O) groups excluding carboxylic acids is 1. The maximum Gasteiger partial charge on any atom is 0.338 e. The van der Waals surface area contributed by atoms with Gasteiger partial charge in [-0.25, -0.2) is 4.79 Å². The minimum Gasteiger partial charge on any atom is -0.464 e. The Kier molecular flexibility index (Phi) is 3.05. The van der Waals surface area contributed by atoms with Gasteiger partial charge in [0.15, 0.2) is 0 Å². The molecule has 0 saturated carbocycles. The number of esters is 1. The maximum absolute atomic E-state index is 11.5. The third-order valence-corrected chi connectivity index (χ3v) is 2.18. The van der Waals surface area contributed by atoms with Crippen LogP contribution in [0.5, 0.6) is 0 Å². The number of carbonyl (C=O) groups is 1. The van der Waals surface area contributed by atoms with Crippen molar-refractivity contribution in [2.24, 2.45) is 0 Å². The lowest BCUT2D eigenvalue weighted by Crippen LogP contribution is -2.04. The Bertz CT molecular complexity index is 472. The lowest BCUT2D eigenvalue weighted by Gasteiger charge is -2.03. The van der Waals surface area contributed by atoms with Crippen molar-refractivity contribution in [3.05, 3.63) is 48.2 Å². The third kappa shape index (κ3) is 2.14. The molecule has 3 nitrogen and oxygen atoms in total. The summed E-state index contributed by atoms with van der Waals surface area (Å²) in [5, 5.41) is 0. The molecule has 0 aliphatic rings. The monoisotopic (exact) mass is 216 g/mol. The molecule has 0 spiro atoms. The van der Waals surface area contributed by atoms with Gasteiger partial charge in [-0.3, -0.25) is 0 Å². The second-order valence-electron chi connectivity index (χ2n) is 3.28. The van der Waals surface area contributed by atoms with Crippen LogP contribution in [-0.2, 0) is 4.74 Å². The minimum atomic E-state index is -0.309. The Morgan fingerprint density at radius 3 is 2.88 bits per heavy atom. The molecule has 0 aliphatic carbocycles. The SMILES string of the molecule is CCOC(=O)c1cccc(-c2ccco2)c1. The molecule has 1 aromatic carbocycles. The van der Waals surface area contributed by atoms with Crippen LogP contribution >= 0.6 is 0 Å². The molecule has 2 rings (SSSR count). The summed E-state index contributed by atoms with van der Waals surface area (Å²) in [5.74, 6) is 0.432. The highest BCUT2D eigenvalue weighted by Crippen LogP contribution is 2.20. The fourth-order valence-electron chi connectivity index (χ4n) is 1.46. The molecule has 0 radical (unpaired) electrons. The van der Waals surface area contributed by atoms with Crippen LogP contribution in [0.25, 0.3) is 11.3 Å². The van der Waals surface area contributed by atoms with Crippen molar-refractivity contribution >= 4 is 5.97 Å². The van der Waals surface area contributed by atoms with Gasteiger partial charge >= 0.3 is 5.97 Å². The van der Waals surface area contributed by atoms with Crippen molar-refractivity contribution in [2.75, 3.05) is 6.61 Å². The molecule has 0 bridgehead atoms.